The van der Waals surface area contributed by atoms with Gasteiger partial charge in [0.2, 0.25) is 0 Å². The Hall–Kier alpha value is -0.610. The van der Waals surface area contributed by atoms with Crippen molar-refractivity contribution in [2.24, 2.45) is 0 Å². The maximum atomic E-state index is 10.3. The molecule has 0 saturated heterocycles. The number of carboxylic acid groups (broad SMARTS) is 1. The van der Waals surface area contributed by atoms with Crippen molar-refractivity contribution >= 4 is 5.97 Å². The van der Waals surface area contributed by atoms with Crippen molar-refractivity contribution in [2.45, 2.75) is 103 Å². The lowest BCUT2D eigenvalue weighted by Gasteiger charge is -2.10. The molecule has 0 aliphatic heterocycles. The van der Waals surface area contributed by atoms with E-state index >= 15 is 0 Å². The fourth-order valence-electron chi connectivity index (χ4n) is 2.50. The lowest BCUT2D eigenvalue weighted by atomic mass is 10.0. The van der Waals surface area contributed by atoms with Gasteiger partial charge >= 0.3 is 5.97 Å². The SMILES string of the molecule is CC(O)CCCCCCCCC(O)CCCCCC(=O)O. The molecule has 0 saturated carbocycles. The Morgan fingerprint density at radius 1 is 0.762 bits per heavy atom. The summed E-state index contributed by atoms with van der Waals surface area (Å²) in [4.78, 5) is 10.3. The van der Waals surface area contributed by atoms with Crippen LogP contribution in [-0.4, -0.2) is 33.5 Å². The number of hydrogen-bond donors (Lipinski definition) is 3. The summed E-state index contributed by atoms with van der Waals surface area (Å²) in [6.45, 7) is 1.84. The summed E-state index contributed by atoms with van der Waals surface area (Å²) < 4.78 is 0. The molecule has 0 rings (SSSR count). The highest BCUT2D eigenvalue weighted by molar-refractivity contribution is 5.66. The normalized spacial score (nSPS) is 14.0. The van der Waals surface area contributed by atoms with Crippen molar-refractivity contribution in [2.75, 3.05) is 0 Å². The van der Waals surface area contributed by atoms with E-state index < -0.39 is 5.97 Å². The summed E-state index contributed by atoms with van der Waals surface area (Å²) in [5.41, 5.74) is 0. The molecule has 4 heteroatoms. The molecular formula is C17H34O4. The quantitative estimate of drug-likeness (QED) is 0.401. The van der Waals surface area contributed by atoms with E-state index in [1.165, 1.54) is 25.7 Å². The number of aliphatic hydroxyl groups is 2. The monoisotopic (exact) mass is 302 g/mol. The van der Waals surface area contributed by atoms with Crippen LogP contribution in [-0.2, 0) is 4.79 Å². The third-order valence-electron chi connectivity index (χ3n) is 3.84. The first-order valence-corrected chi connectivity index (χ1v) is 8.60. The molecule has 3 N–H and O–H groups in total. The van der Waals surface area contributed by atoms with Gasteiger partial charge in [-0.15, -0.1) is 0 Å². The summed E-state index contributed by atoms with van der Waals surface area (Å²) in [5, 5.41) is 27.5. The van der Waals surface area contributed by atoms with E-state index in [0.29, 0.717) is 6.42 Å². The average Bonchev–Trinajstić information content (AvgIpc) is 2.40. The van der Waals surface area contributed by atoms with E-state index in [2.05, 4.69) is 0 Å². The van der Waals surface area contributed by atoms with Crippen LogP contribution in [0.1, 0.15) is 90.4 Å². The molecule has 0 fully saturated rings. The Kier molecular flexibility index (Phi) is 13.9. The number of carbonyl (C=O) groups is 1. The van der Waals surface area contributed by atoms with Crippen LogP contribution in [0.15, 0.2) is 0 Å². The maximum absolute atomic E-state index is 10.3. The van der Waals surface area contributed by atoms with E-state index in [-0.39, 0.29) is 18.6 Å². The zero-order valence-corrected chi connectivity index (χ0v) is 13.6. The van der Waals surface area contributed by atoms with Gasteiger partial charge in [-0.1, -0.05) is 51.4 Å². The number of rotatable bonds is 15. The van der Waals surface area contributed by atoms with Crippen molar-refractivity contribution < 1.29 is 20.1 Å². The van der Waals surface area contributed by atoms with Gasteiger partial charge in [0.05, 0.1) is 12.2 Å². The third-order valence-corrected chi connectivity index (χ3v) is 3.84. The average molecular weight is 302 g/mol. The molecule has 2 atom stereocenters. The van der Waals surface area contributed by atoms with Gasteiger partial charge in [0.1, 0.15) is 0 Å². The summed E-state index contributed by atoms with van der Waals surface area (Å²) in [6, 6.07) is 0. The van der Waals surface area contributed by atoms with Crippen LogP contribution in [0.4, 0.5) is 0 Å². The second-order valence-corrected chi connectivity index (χ2v) is 6.19. The first kappa shape index (κ1) is 20.4. The molecule has 4 nitrogen and oxygen atoms in total. The van der Waals surface area contributed by atoms with E-state index in [4.69, 9.17) is 10.2 Å². The molecule has 0 bridgehead atoms. The van der Waals surface area contributed by atoms with E-state index in [0.717, 1.165) is 44.9 Å². The fourth-order valence-corrected chi connectivity index (χ4v) is 2.50. The third kappa shape index (κ3) is 17.3. The number of aliphatic hydroxyl groups excluding tert-OH is 2. The lowest BCUT2D eigenvalue weighted by molar-refractivity contribution is -0.137. The van der Waals surface area contributed by atoms with Crippen LogP contribution in [0, 0.1) is 0 Å². The Labute approximate surface area is 129 Å². The predicted octanol–water partition coefficient (Wildman–Crippen LogP) is 3.88. The van der Waals surface area contributed by atoms with E-state index in [9.17, 15) is 9.90 Å². The van der Waals surface area contributed by atoms with Crippen LogP contribution in [0.3, 0.4) is 0 Å². The van der Waals surface area contributed by atoms with Crippen molar-refractivity contribution in [3.63, 3.8) is 0 Å². The molecule has 0 aromatic heterocycles. The number of aliphatic carboxylic acids is 1. The van der Waals surface area contributed by atoms with Crippen LogP contribution < -0.4 is 0 Å². The van der Waals surface area contributed by atoms with Crippen molar-refractivity contribution in [3.8, 4) is 0 Å². The van der Waals surface area contributed by atoms with Gasteiger partial charge in [0.15, 0.2) is 0 Å². The highest BCUT2D eigenvalue weighted by atomic mass is 16.4. The smallest absolute Gasteiger partial charge is 0.303 e. The molecule has 2 unspecified atom stereocenters. The summed E-state index contributed by atoms with van der Waals surface area (Å²) >= 11 is 0. The number of unbranched alkanes of at least 4 members (excludes halogenated alkanes) is 7. The van der Waals surface area contributed by atoms with E-state index in [1.807, 2.05) is 6.92 Å². The zero-order valence-electron chi connectivity index (χ0n) is 13.6. The largest absolute Gasteiger partial charge is 0.481 e. The summed E-state index contributed by atoms with van der Waals surface area (Å²) in [6.07, 6.45) is 11.9. The summed E-state index contributed by atoms with van der Waals surface area (Å²) in [5.74, 6) is -0.732. The maximum Gasteiger partial charge on any atom is 0.303 e. The standard InChI is InChI=1S/C17H34O4/c1-15(18)11-7-4-2-3-5-8-12-16(19)13-9-6-10-14-17(20)21/h15-16,18-19H,2-14H2,1H3,(H,20,21). The minimum Gasteiger partial charge on any atom is -0.481 e. The lowest BCUT2D eigenvalue weighted by Crippen LogP contribution is -2.06. The van der Waals surface area contributed by atoms with Crippen LogP contribution in [0.25, 0.3) is 0 Å². The second kappa shape index (κ2) is 14.3. The minimum atomic E-state index is -0.732. The van der Waals surface area contributed by atoms with Gasteiger partial charge in [-0.3, -0.25) is 4.79 Å². The Bertz CT molecular complexity index is 241. The Morgan fingerprint density at radius 3 is 1.67 bits per heavy atom. The molecular weight excluding hydrogens is 268 g/mol. The van der Waals surface area contributed by atoms with Gasteiger partial charge < -0.3 is 15.3 Å². The Morgan fingerprint density at radius 2 is 1.19 bits per heavy atom. The van der Waals surface area contributed by atoms with Gasteiger partial charge in [0.25, 0.3) is 0 Å². The minimum absolute atomic E-state index is 0.171. The highest BCUT2D eigenvalue weighted by Crippen LogP contribution is 2.14. The molecule has 0 aliphatic carbocycles. The molecule has 0 heterocycles. The molecule has 0 amide bonds. The van der Waals surface area contributed by atoms with Gasteiger partial charge in [-0.05, 0) is 32.6 Å². The van der Waals surface area contributed by atoms with Crippen molar-refractivity contribution in [1.82, 2.24) is 0 Å². The molecule has 0 aromatic rings. The van der Waals surface area contributed by atoms with Gasteiger partial charge in [0, 0.05) is 6.42 Å². The molecule has 21 heavy (non-hydrogen) atoms. The molecule has 126 valence electrons. The zero-order chi connectivity index (χ0) is 15.9. The topological polar surface area (TPSA) is 77.8 Å². The number of carboxylic acids is 1. The molecule has 0 spiro atoms. The van der Waals surface area contributed by atoms with Crippen LogP contribution in [0.5, 0.6) is 0 Å². The van der Waals surface area contributed by atoms with Crippen LogP contribution >= 0.6 is 0 Å². The predicted molar refractivity (Wildman–Crippen MR) is 85.3 cm³/mol. The van der Waals surface area contributed by atoms with Crippen molar-refractivity contribution in [3.05, 3.63) is 0 Å². The molecule has 0 aromatic carbocycles. The summed E-state index contributed by atoms with van der Waals surface area (Å²) in [7, 11) is 0. The molecule has 0 aliphatic rings. The van der Waals surface area contributed by atoms with E-state index in [1.54, 1.807) is 0 Å². The second-order valence-electron chi connectivity index (χ2n) is 6.19. The number of hydrogen-bond acceptors (Lipinski definition) is 3. The van der Waals surface area contributed by atoms with Gasteiger partial charge in [-0.25, -0.2) is 0 Å². The van der Waals surface area contributed by atoms with Gasteiger partial charge in [-0.2, -0.15) is 0 Å². The Balaban J connectivity index is 3.19. The van der Waals surface area contributed by atoms with Crippen LogP contribution in [0.2, 0.25) is 0 Å². The highest BCUT2D eigenvalue weighted by Gasteiger charge is 2.04. The first-order valence-electron chi connectivity index (χ1n) is 8.60. The first-order chi connectivity index (χ1) is 10.0. The molecule has 0 radical (unpaired) electrons. The fraction of sp³-hybridized carbons (Fsp3) is 0.941. The van der Waals surface area contributed by atoms with Crippen molar-refractivity contribution in [1.29, 1.82) is 0 Å².